The van der Waals surface area contributed by atoms with Crippen LogP contribution >= 0.6 is 11.8 Å². The van der Waals surface area contributed by atoms with Crippen LogP contribution in [0.5, 0.6) is 0 Å². The maximum atomic E-state index is 11.1. The van der Waals surface area contributed by atoms with Crippen LogP contribution in [0.3, 0.4) is 0 Å². The van der Waals surface area contributed by atoms with Crippen LogP contribution in [0.25, 0.3) is 0 Å². The molecule has 0 spiro atoms. The van der Waals surface area contributed by atoms with Crippen molar-refractivity contribution in [2.24, 2.45) is 0 Å². The molecule has 1 saturated heterocycles. The number of amides is 3. The van der Waals surface area contributed by atoms with Crippen molar-refractivity contribution in [2.45, 2.75) is 38.6 Å². The Balaban J connectivity index is 2.40. The van der Waals surface area contributed by atoms with Crippen molar-refractivity contribution in [3.8, 4) is 0 Å². The molecule has 1 N–H and O–H groups in total. The van der Waals surface area contributed by atoms with Gasteiger partial charge in [0.15, 0.2) is 0 Å². The number of hydrogen-bond acceptors (Lipinski definition) is 2. The van der Waals surface area contributed by atoms with Crippen molar-refractivity contribution in [2.75, 3.05) is 0 Å². The Labute approximate surface area is 82.3 Å². The Bertz CT molecular complexity index is 220. The van der Waals surface area contributed by atoms with Gasteiger partial charge in [-0.1, -0.05) is 26.2 Å². The van der Waals surface area contributed by atoms with Gasteiger partial charge in [0.25, 0.3) is 5.91 Å². The number of unbranched alkanes of at least 4 members (excludes halogenated alkanes) is 2. The minimum atomic E-state index is -0.506. The lowest BCUT2D eigenvalue weighted by Gasteiger charge is -2.11. The zero-order valence-corrected chi connectivity index (χ0v) is 8.30. The Morgan fingerprint density at radius 2 is 2.15 bits per heavy atom. The van der Waals surface area contributed by atoms with Crippen molar-refractivity contribution in [3.05, 3.63) is 0 Å². The fourth-order valence-corrected chi connectivity index (χ4v) is 1.55. The number of carbonyl (C=O) groups is 2. The summed E-state index contributed by atoms with van der Waals surface area (Å²) >= 11 is 5.60. The molecule has 74 valence electrons. The van der Waals surface area contributed by atoms with Crippen molar-refractivity contribution < 1.29 is 9.59 Å². The highest BCUT2D eigenvalue weighted by Gasteiger charge is 2.36. The molecule has 13 heavy (non-hydrogen) atoms. The van der Waals surface area contributed by atoms with Gasteiger partial charge < -0.3 is 0 Å². The summed E-state index contributed by atoms with van der Waals surface area (Å²) in [5, 5.41) is 2.16. The highest BCUT2D eigenvalue weighted by Crippen LogP contribution is 2.17. The minimum absolute atomic E-state index is 0.281. The molecule has 0 bridgehead atoms. The Morgan fingerprint density at radius 3 is 2.62 bits per heavy atom. The Morgan fingerprint density at radius 1 is 1.46 bits per heavy atom. The summed E-state index contributed by atoms with van der Waals surface area (Å²) in [6.45, 7) is 2.08. The molecule has 0 radical (unpaired) electrons. The zero-order chi connectivity index (χ0) is 9.84. The summed E-state index contributed by atoms with van der Waals surface area (Å²) < 4.78 is 0.956. The van der Waals surface area contributed by atoms with Gasteiger partial charge in [0.1, 0.15) is 6.04 Å². The molecule has 1 aliphatic heterocycles. The van der Waals surface area contributed by atoms with Crippen LogP contribution in [0.4, 0.5) is 4.79 Å². The van der Waals surface area contributed by atoms with E-state index < -0.39 is 12.1 Å². The normalized spacial score (nSPS) is 22.3. The molecule has 0 aliphatic carbocycles. The molecular formula is C8H13ClN2O2. The predicted octanol–water partition coefficient (Wildman–Crippen LogP) is 1.64. The van der Waals surface area contributed by atoms with Crippen LogP contribution < -0.4 is 5.32 Å². The lowest BCUT2D eigenvalue weighted by Crippen LogP contribution is -2.27. The second-order valence-corrected chi connectivity index (χ2v) is 3.48. The third-order valence-corrected chi connectivity index (χ3v) is 2.47. The molecule has 1 aliphatic rings. The first kappa shape index (κ1) is 10.3. The first-order chi connectivity index (χ1) is 6.16. The lowest BCUT2D eigenvalue weighted by molar-refractivity contribution is -0.121. The number of urea groups is 1. The van der Waals surface area contributed by atoms with Gasteiger partial charge in [-0.05, 0) is 6.42 Å². The predicted molar refractivity (Wildman–Crippen MR) is 49.2 cm³/mol. The molecule has 3 amide bonds. The van der Waals surface area contributed by atoms with Gasteiger partial charge >= 0.3 is 6.03 Å². The average Bonchev–Trinajstić information content (AvgIpc) is 2.32. The van der Waals surface area contributed by atoms with Crippen LogP contribution in [0.2, 0.25) is 0 Å². The van der Waals surface area contributed by atoms with Crippen molar-refractivity contribution in [1.29, 1.82) is 0 Å². The maximum absolute atomic E-state index is 11.1. The number of rotatable bonds is 4. The first-order valence-electron chi connectivity index (χ1n) is 4.46. The van der Waals surface area contributed by atoms with Gasteiger partial charge in [0.05, 0.1) is 0 Å². The van der Waals surface area contributed by atoms with E-state index in [0.29, 0.717) is 6.42 Å². The molecule has 1 heterocycles. The highest BCUT2D eigenvalue weighted by atomic mass is 35.5. The number of imide groups is 1. The lowest BCUT2D eigenvalue weighted by atomic mass is 10.1. The SMILES string of the molecule is CCCCCC1C(=O)NC(=O)N1Cl. The number of hydrogen-bond donors (Lipinski definition) is 1. The number of carbonyl (C=O) groups excluding carboxylic acids is 2. The molecule has 4 nitrogen and oxygen atoms in total. The van der Waals surface area contributed by atoms with E-state index >= 15 is 0 Å². The molecule has 1 atom stereocenters. The van der Waals surface area contributed by atoms with Crippen molar-refractivity contribution in [1.82, 2.24) is 9.74 Å². The minimum Gasteiger partial charge on any atom is -0.275 e. The number of nitrogens with one attached hydrogen (secondary N) is 1. The molecule has 0 aromatic carbocycles. The van der Waals surface area contributed by atoms with E-state index in [1.807, 2.05) is 0 Å². The Kier molecular flexibility index (Phi) is 3.54. The smallest absolute Gasteiger partial charge is 0.275 e. The molecule has 5 heteroatoms. The molecule has 0 saturated carbocycles. The fraction of sp³-hybridized carbons (Fsp3) is 0.750. The largest absolute Gasteiger partial charge is 0.339 e. The summed E-state index contributed by atoms with van der Waals surface area (Å²) in [5.41, 5.74) is 0. The molecule has 1 fully saturated rings. The van der Waals surface area contributed by atoms with E-state index in [1.165, 1.54) is 0 Å². The van der Waals surface area contributed by atoms with E-state index in [0.717, 1.165) is 23.7 Å². The second kappa shape index (κ2) is 4.46. The van der Waals surface area contributed by atoms with E-state index in [4.69, 9.17) is 11.8 Å². The summed E-state index contributed by atoms with van der Waals surface area (Å²) in [5.74, 6) is -0.281. The summed E-state index contributed by atoms with van der Waals surface area (Å²) in [7, 11) is 0. The van der Waals surface area contributed by atoms with Gasteiger partial charge in [-0.25, -0.2) is 9.21 Å². The van der Waals surface area contributed by atoms with E-state index in [2.05, 4.69) is 12.2 Å². The van der Waals surface area contributed by atoms with Gasteiger partial charge in [-0.3, -0.25) is 10.1 Å². The average molecular weight is 205 g/mol. The van der Waals surface area contributed by atoms with Crippen LogP contribution in [0.15, 0.2) is 0 Å². The van der Waals surface area contributed by atoms with Gasteiger partial charge in [0.2, 0.25) is 0 Å². The van der Waals surface area contributed by atoms with Crippen LogP contribution in [0.1, 0.15) is 32.6 Å². The summed E-state index contributed by atoms with van der Waals surface area (Å²) in [6, 6.07) is -0.978. The monoisotopic (exact) mass is 204 g/mol. The van der Waals surface area contributed by atoms with Gasteiger partial charge in [0, 0.05) is 11.8 Å². The van der Waals surface area contributed by atoms with Crippen LogP contribution in [-0.2, 0) is 4.79 Å². The number of halogens is 1. The summed E-state index contributed by atoms with van der Waals surface area (Å²) in [6.07, 6.45) is 3.72. The van der Waals surface area contributed by atoms with E-state index in [1.54, 1.807) is 0 Å². The molecule has 1 unspecified atom stereocenters. The second-order valence-electron chi connectivity index (χ2n) is 3.12. The van der Waals surface area contributed by atoms with Crippen molar-refractivity contribution >= 4 is 23.7 Å². The zero-order valence-electron chi connectivity index (χ0n) is 7.55. The third kappa shape index (κ3) is 2.34. The highest BCUT2D eigenvalue weighted by molar-refractivity contribution is 6.27. The van der Waals surface area contributed by atoms with Crippen LogP contribution in [0, 0.1) is 0 Å². The standard InChI is InChI=1S/C8H13ClN2O2/c1-2-3-4-5-6-7(12)10-8(13)11(6)9/h6H,2-5H2,1H3,(H,10,12,13). The number of nitrogens with zero attached hydrogens (tertiary/aromatic N) is 1. The van der Waals surface area contributed by atoms with Gasteiger partial charge in [-0.15, -0.1) is 0 Å². The maximum Gasteiger partial charge on any atom is 0.339 e. The Hall–Kier alpha value is -0.770. The first-order valence-corrected chi connectivity index (χ1v) is 4.80. The molecule has 1 rings (SSSR count). The third-order valence-electron chi connectivity index (χ3n) is 2.08. The van der Waals surface area contributed by atoms with E-state index in [-0.39, 0.29) is 5.91 Å². The van der Waals surface area contributed by atoms with Crippen molar-refractivity contribution in [3.63, 3.8) is 0 Å². The van der Waals surface area contributed by atoms with Crippen LogP contribution in [-0.4, -0.2) is 22.4 Å². The molecular weight excluding hydrogens is 192 g/mol. The molecule has 0 aromatic rings. The topological polar surface area (TPSA) is 49.4 Å². The van der Waals surface area contributed by atoms with Gasteiger partial charge in [-0.2, -0.15) is 0 Å². The van der Waals surface area contributed by atoms with E-state index in [9.17, 15) is 9.59 Å². The molecule has 0 aromatic heterocycles. The summed E-state index contributed by atoms with van der Waals surface area (Å²) in [4.78, 5) is 22.0. The fourth-order valence-electron chi connectivity index (χ4n) is 1.32. The quantitative estimate of drug-likeness (QED) is 0.430.